The van der Waals surface area contributed by atoms with Crippen LogP contribution in [0.15, 0.2) is 48.5 Å². The van der Waals surface area contributed by atoms with E-state index in [0.717, 1.165) is 0 Å². The molecule has 144 valence electrons. The molecule has 0 radical (unpaired) electrons. The van der Waals surface area contributed by atoms with E-state index in [-0.39, 0.29) is 18.9 Å². The lowest BCUT2D eigenvalue weighted by atomic mass is 9.78. The summed E-state index contributed by atoms with van der Waals surface area (Å²) in [6.07, 6.45) is 0.381. The van der Waals surface area contributed by atoms with E-state index in [9.17, 15) is 14.7 Å². The van der Waals surface area contributed by atoms with Gasteiger partial charge in [0.15, 0.2) is 0 Å². The van der Waals surface area contributed by atoms with Gasteiger partial charge in [0.1, 0.15) is 16.9 Å². The van der Waals surface area contributed by atoms with Gasteiger partial charge in [0.05, 0.1) is 20.6 Å². The molecule has 1 unspecified atom stereocenters. The fourth-order valence-corrected chi connectivity index (χ4v) is 3.11. The topological polar surface area (TPSA) is 84.9 Å². The number of carboxylic acids is 1. The molecule has 2 rings (SSSR count). The van der Waals surface area contributed by atoms with Gasteiger partial charge in [0.25, 0.3) is 0 Å². The Hall–Kier alpha value is -3.02. The van der Waals surface area contributed by atoms with Crippen LogP contribution < -0.4 is 14.8 Å². The summed E-state index contributed by atoms with van der Waals surface area (Å²) in [6, 6.07) is 14.2. The zero-order valence-corrected chi connectivity index (χ0v) is 15.8. The summed E-state index contributed by atoms with van der Waals surface area (Å²) in [4.78, 5) is 24.6. The third-order valence-corrected chi connectivity index (χ3v) is 4.79. The summed E-state index contributed by atoms with van der Waals surface area (Å²) in [5.74, 6) is -0.167. The molecule has 1 amide bonds. The molecular formula is C21H25NO5. The second-order valence-electron chi connectivity index (χ2n) is 6.20. The van der Waals surface area contributed by atoms with Crippen molar-refractivity contribution >= 4 is 11.9 Å². The van der Waals surface area contributed by atoms with Crippen molar-refractivity contribution in [2.45, 2.75) is 25.2 Å². The van der Waals surface area contributed by atoms with Crippen LogP contribution in [0.1, 0.15) is 24.5 Å². The van der Waals surface area contributed by atoms with Crippen LogP contribution in [0, 0.1) is 0 Å². The molecule has 2 N–H and O–H groups in total. The zero-order valence-electron chi connectivity index (χ0n) is 15.8. The molecule has 0 aliphatic heterocycles. The Labute approximate surface area is 159 Å². The van der Waals surface area contributed by atoms with Crippen LogP contribution in [0.5, 0.6) is 11.5 Å². The molecular weight excluding hydrogens is 346 g/mol. The highest BCUT2D eigenvalue weighted by molar-refractivity contribution is 5.84. The number of hydrogen-bond acceptors (Lipinski definition) is 4. The molecule has 2 aromatic carbocycles. The number of aliphatic carboxylic acids is 1. The lowest BCUT2D eigenvalue weighted by Crippen LogP contribution is -2.46. The highest BCUT2D eigenvalue weighted by atomic mass is 16.5. The Morgan fingerprint density at radius 1 is 1.00 bits per heavy atom. The molecule has 0 aliphatic carbocycles. The van der Waals surface area contributed by atoms with Crippen LogP contribution in [0.2, 0.25) is 0 Å². The molecule has 0 heterocycles. The number of rotatable bonds is 9. The summed E-state index contributed by atoms with van der Waals surface area (Å²) < 4.78 is 10.6. The molecule has 0 aliphatic rings. The molecule has 0 saturated heterocycles. The molecule has 6 nitrogen and oxygen atoms in total. The number of nitrogens with one attached hydrogen (secondary N) is 1. The fraction of sp³-hybridized carbons (Fsp3) is 0.333. The average molecular weight is 371 g/mol. The summed E-state index contributed by atoms with van der Waals surface area (Å²) >= 11 is 0. The van der Waals surface area contributed by atoms with Crippen molar-refractivity contribution in [2.24, 2.45) is 0 Å². The van der Waals surface area contributed by atoms with Crippen molar-refractivity contribution in [1.29, 1.82) is 0 Å². The van der Waals surface area contributed by atoms with E-state index >= 15 is 0 Å². The molecule has 27 heavy (non-hydrogen) atoms. The van der Waals surface area contributed by atoms with Gasteiger partial charge in [-0.3, -0.25) is 9.59 Å². The molecule has 0 spiro atoms. The monoisotopic (exact) mass is 371 g/mol. The number of hydrogen-bond donors (Lipinski definition) is 2. The van der Waals surface area contributed by atoms with Crippen LogP contribution in [-0.2, 0) is 21.4 Å². The predicted molar refractivity (Wildman–Crippen MR) is 102 cm³/mol. The largest absolute Gasteiger partial charge is 0.496 e. The third-order valence-electron chi connectivity index (χ3n) is 4.79. The van der Waals surface area contributed by atoms with E-state index in [1.807, 2.05) is 6.07 Å². The SMILES string of the molecule is CCC(CNC(=O)Cc1c(OC)cccc1OC)(C(=O)O)c1ccccc1. The van der Waals surface area contributed by atoms with E-state index in [2.05, 4.69) is 5.32 Å². The van der Waals surface area contributed by atoms with Gasteiger partial charge in [-0.05, 0) is 24.1 Å². The third kappa shape index (κ3) is 4.39. The summed E-state index contributed by atoms with van der Waals surface area (Å²) in [7, 11) is 3.05. The van der Waals surface area contributed by atoms with Crippen LogP contribution in [0.3, 0.4) is 0 Å². The summed E-state index contributed by atoms with van der Waals surface area (Å²) in [6.45, 7) is 1.80. The maximum Gasteiger partial charge on any atom is 0.315 e. The highest BCUT2D eigenvalue weighted by Crippen LogP contribution is 2.30. The molecule has 0 fully saturated rings. The van der Waals surface area contributed by atoms with Gasteiger partial charge in [-0.25, -0.2) is 0 Å². The lowest BCUT2D eigenvalue weighted by molar-refractivity contribution is -0.144. The fourth-order valence-electron chi connectivity index (χ4n) is 3.11. The van der Waals surface area contributed by atoms with E-state index in [0.29, 0.717) is 29.0 Å². The van der Waals surface area contributed by atoms with Crippen molar-refractivity contribution in [3.8, 4) is 11.5 Å². The van der Waals surface area contributed by atoms with Gasteiger partial charge < -0.3 is 19.9 Å². The second kappa shape index (κ2) is 9.07. The maximum atomic E-state index is 12.6. The Morgan fingerprint density at radius 3 is 2.07 bits per heavy atom. The molecule has 2 aromatic rings. The number of ether oxygens (including phenoxy) is 2. The standard InChI is InChI=1S/C21H25NO5/c1-4-21(20(24)25,15-9-6-5-7-10-15)14-22-19(23)13-16-17(26-2)11-8-12-18(16)27-3/h5-12H,4,13-14H2,1-3H3,(H,22,23)(H,24,25). The number of carboxylic acid groups (broad SMARTS) is 1. The van der Waals surface area contributed by atoms with Crippen molar-refractivity contribution in [3.63, 3.8) is 0 Å². The Balaban J connectivity index is 2.19. The highest BCUT2D eigenvalue weighted by Gasteiger charge is 2.39. The Kier molecular flexibility index (Phi) is 6.82. The van der Waals surface area contributed by atoms with Crippen molar-refractivity contribution in [3.05, 3.63) is 59.7 Å². The van der Waals surface area contributed by atoms with Crippen molar-refractivity contribution < 1.29 is 24.2 Å². The van der Waals surface area contributed by atoms with Gasteiger partial charge in [-0.15, -0.1) is 0 Å². The number of carbonyl (C=O) groups is 2. The van der Waals surface area contributed by atoms with Crippen LogP contribution >= 0.6 is 0 Å². The first-order valence-electron chi connectivity index (χ1n) is 8.74. The molecule has 1 atom stereocenters. The zero-order chi connectivity index (χ0) is 19.9. The number of methoxy groups -OCH3 is 2. The average Bonchev–Trinajstić information content (AvgIpc) is 2.69. The smallest absolute Gasteiger partial charge is 0.315 e. The van der Waals surface area contributed by atoms with Crippen LogP contribution in [0.4, 0.5) is 0 Å². The lowest BCUT2D eigenvalue weighted by Gasteiger charge is -2.29. The van der Waals surface area contributed by atoms with Crippen LogP contribution in [0.25, 0.3) is 0 Å². The quantitative estimate of drug-likeness (QED) is 0.708. The second-order valence-corrected chi connectivity index (χ2v) is 6.20. The number of carbonyl (C=O) groups excluding carboxylic acids is 1. The molecule has 0 bridgehead atoms. The summed E-state index contributed by atoms with van der Waals surface area (Å²) in [5.41, 5.74) is 0.106. The number of amides is 1. The van der Waals surface area contributed by atoms with Crippen LogP contribution in [-0.4, -0.2) is 37.7 Å². The van der Waals surface area contributed by atoms with E-state index in [1.54, 1.807) is 49.4 Å². The first-order chi connectivity index (χ1) is 13.0. The molecule has 0 aromatic heterocycles. The van der Waals surface area contributed by atoms with Gasteiger partial charge in [-0.2, -0.15) is 0 Å². The predicted octanol–water partition coefficient (Wildman–Crippen LogP) is 2.80. The van der Waals surface area contributed by atoms with Crippen molar-refractivity contribution in [1.82, 2.24) is 5.32 Å². The van der Waals surface area contributed by atoms with E-state index < -0.39 is 11.4 Å². The van der Waals surface area contributed by atoms with E-state index in [1.165, 1.54) is 14.2 Å². The van der Waals surface area contributed by atoms with Gasteiger partial charge >= 0.3 is 5.97 Å². The Morgan fingerprint density at radius 2 is 1.59 bits per heavy atom. The minimum atomic E-state index is -1.18. The van der Waals surface area contributed by atoms with Gasteiger partial charge in [0, 0.05) is 12.1 Å². The maximum absolute atomic E-state index is 12.6. The van der Waals surface area contributed by atoms with Gasteiger partial charge in [0.2, 0.25) is 5.91 Å². The Bertz CT molecular complexity index is 768. The van der Waals surface area contributed by atoms with Gasteiger partial charge in [-0.1, -0.05) is 43.3 Å². The molecule has 0 saturated carbocycles. The normalized spacial score (nSPS) is 12.7. The first kappa shape index (κ1) is 20.3. The molecule has 6 heteroatoms. The van der Waals surface area contributed by atoms with E-state index in [4.69, 9.17) is 9.47 Å². The number of benzene rings is 2. The minimum Gasteiger partial charge on any atom is -0.496 e. The van der Waals surface area contributed by atoms with Crippen molar-refractivity contribution in [2.75, 3.05) is 20.8 Å². The minimum absolute atomic E-state index is 0.000849. The summed E-state index contributed by atoms with van der Waals surface area (Å²) in [5, 5.41) is 12.6. The first-order valence-corrected chi connectivity index (χ1v) is 8.74.